The third-order valence-corrected chi connectivity index (χ3v) is 3.91. The zero-order valence-electron chi connectivity index (χ0n) is 14.1. The average Bonchev–Trinajstić information content (AvgIpc) is 3.15. The number of phenolic OH excluding ortho intramolecular Hbond substituents is 1. The van der Waals surface area contributed by atoms with E-state index in [1.807, 2.05) is 55.5 Å². The second kappa shape index (κ2) is 6.72. The van der Waals surface area contributed by atoms with Crippen molar-refractivity contribution < 1.29 is 14.4 Å². The summed E-state index contributed by atoms with van der Waals surface area (Å²) in [4.78, 5) is 4.40. The molecule has 4 aromatic rings. The lowest BCUT2D eigenvalue weighted by atomic mass is 10.2. The van der Waals surface area contributed by atoms with Crippen LogP contribution in [0.2, 0.25) is 0 Å². The summed E-state index contributed by atoms with van der Waals surface area (Å²) >= 11 is 0. The van der Waals surface area contributed by atoms with E-state index in [0.717, 1.165) is 22.6 Å². The van der Waals surface area contributed by atoms with Crippen molar-refractivity contribution in [1.82, 2.24) is 10.1 Å². The molecule has 0 atom stereocenters. The summed E-state index contributed by atoms with van der Waals surface area (Å²) in [6.45, 7) is 2.04. The lowest BCUT2D eigenvalue weighted by Gasteiger charge is -2.06. The van der Waals surface area contributed by atoms with Crippen LogP contribution < -0.4 is 4.74 Å². The molecule has 0 unspecified atom stereocenters. The van der Waals surface area contributed by atoms with Gasteiger partial charge in [-0.1, -0.05) is 22.9 Å². The second-order valence-corrected chi connectivity index (χ2v) is 5.91. The van der Waals surface area contributed by atoms with Crippen LogP contribution >= 0.6 is 0 Å². The van der Waals surface area contributed by atoms with Crippen molar-refractivity contribution in [2.24, 2.45) is 0 Å². The van der Waals surface area contributed by atoms with Crippen LogP contribution in [0.4, 0.5) is 0 Å². The maximum absolute atomic E-state index is 9.35. The largest absolute Gasteiger partial charge is 0.508 e. The predicted molar refractivity (Wildman–Crippen MR) is 98.1 cm³/mol. The Labute approximate surface area is 150 Å². The van der Waals surface area contributed by atoms with Crippen LogP contribution in [0.15, 0.2) is 77.3 Å². The van der Waals surface area contributed by atoms with Gasteiger partial charge in [-0.3, -0.25) is 0 Å². The SMILES string of the molecule is Cc1ccc(Oc2ccc(-c3noc(-c4ccc(O)cc4)n3)cc2)cc1. The van der Waals surface area contributed by atoms with Gasteiger partial charge in [0.2, 0.25) is 5.82 Å². The third kappa shape index (κ3) is 3.42. The highest BCUT2D eigenvalue weighted by Crippen LogP contribution is 2.27. The van der Waals surface area contributed by atoms with Crippen LogP contribution in [0, 0.1) is 6.92 Å². The smallest absolute Gasteiger partial charge is 0.258 e. The van der Waals surface area contributed by atoms with E-state index >= 15 is 0 Å². The molecule has 1 heterocycles. The summed E-state index contributed by atoms with van der Waals surface area (Å²) in [5.41, 5.74) is 2.77. The number of hydrogen-bond acceptors (Lipinski definition) is 5. The Balaban J connectivity index is 1.52. The van der Waals surface area contributed by atoms with Gasteiger partial charge in [0.25, 0.3) is 5.89 Å². The first-order valence-corrected chi connectivity index (χ1v) is 8.15. The Morgan fingerprint density at radius 1 is 0.769 bits per heavy atom. The number of benzene rings is 3. The molecule has 0 fully saturated rings. The average molecular weight is 344 g/mol. The third-order valence-electron chi connectivity index (χ3n) is 3.91. The maximum Gasteiger partial charge on any atom is 0.258 e. The Kier molecular flexibility index (Phi) is 4.11. The summed E-state index contributed by atoms with van der Waals surface area (Å²) in [5.74, 6) is 2.62. The summed E-state index contributed by atoms with van der Waals surface area (Å²) < 4.78 is 11.1. The van der Waals surface area contributed by atoms with E-state index in [9.17, 15) is 5.11 Å². The van der Waals surface area contributed by atoms with Crippen molar-refractivity contribution in [3.8, 4) is 40.1 Å². The second-order valence-electron chi connectivity index (χ2n) is 5.91. The number of rotatable bonds is 4. The van der Waals surface area contributed by atoms with Crippen molar-refractivity contribution in [1.29, 1.82) is 0 Å². The molecule has 0 aliphatic heterocycles. The van der Waals surface area contributed by atoms with Gasteiger partial charge in [0.05, 0.1) is 0 Å². The van der Waals surface area contributed by atoms with Crippen LogP contribution in [0.25, 0.3) is 22.8 Å². The molecular weight excluding hydrogens is 328 g/mol. The van der Waals surface area contributed by atoms with Crippen molar-refractivity contribution in [3.63, 3.8) is 0 Å². The normalized spacial score (nSPS) is 10.7. The Bertz CT molecular complexity index is 1000. The molecule has 0 aliphatic carbocycles. The monoisotopic (exact) mass is 344 g/mol. The first kappa shape index (κ1) is 15.9. The van der Waals surface area contributed by atoms with Gasteiger partial charge in [-0.25, -0.2) is 0 Å². The van der Waals surface area contributed by atoms with Crippen LogP contribution in [0.1, 0.15) is 5.56 Å². The lowest BCUT2D eigenvalue weighted by Crippen LogP contribution is -1.85. The molecule has 128 valence electrons. The van der Waals surface area contributed by atoms with E-state index in [1.165, 1.54) is 5.56 Å². The molecule has 1 N–H and O–H groups in total. The summed E-state index contributed by atoms with van der Waals surface area (Å²) in [6, 6.07) is 22.0. The van der Waals surface area contributed by atoms with Gasteiger partial charge < -0.3 is 14.4 Å². The number of aromatic nitrogens is 2. The molecule has 0 saturated carbocycles. The maximum atomic E-state index is 9.35. The number of phenols is 1. The van der Waals surface area contributed by atoms with Crippen molar-refractivity contribution >= 4 is 0 Å². The summed E-state index contributed by atoms with van der Waals surface area (Å²) in [5, 5.41) is 13.4. The molecule has 5 heteroatoms. The van der Waals surface area contributed by atoms with E-state index in [4.69, 9.17) is 9.26 Å². The van der Waals surface area contributed by atoms with Crippen LogP contribution in [-0.2, 0) is 0 Å². The molecule has 1 aromatic heterocycles. The zero-order chi connectivity index (χ0) is 17.9. The van der Waals surface area contributed by atoms with Gasteiger partial charge in [0.15, 0.2) is 0 Å². The fourth-order valence-electron chi connectivity index (χ4n) is 2.48. The fourth-order valence-corrected chi connectivity index (χ4v) is 2.48. The Morgan fingerprint density at radius 2 is 1.35 bits per heavy atom. The van der Waals surface area contributed by atoms with Gasteiger partial charge in [-0.15, -0.1) is 0 Å². The first-order chi connectivity index (χ1) is 12.7. The van der Waals surface area contributed by atoms with Crippen molar-refractivity contribution in [2.75, 3.05) is 0 Å². The van der Waals surface area contributed by atoms with E-state index in [0.29, 0.717) is 11.7 Å². The quantitative estimate of drug-likeness (QED) is 0.550. The molecule has 0 radical (unpaired) electrons. The molecular formula is C21H16N2O3. The number of ether oxygens (including phenoxy) is 1. The molecule has 0 aliphatic rings. The van der Waals surface area contributed by atoms with Gasteiger partial charge >= 0.3 is 0 Å². The highest BCUT2D eigenvalue weighted by molar-refractivity contribution is 5.61. The summed E-state index contributed by atoms with van der Waals surface area (Å²) in [7, 11) is 0. The topological polar surface area (TPSA) is 68.4 Å². The van der Waals surface area contributed by atoms with Crippen LogP contribution in [0.5, 0.6) is 17.2 Å². The van der Waals surface area contributed by atoms with Crippen LogP contribution in [-0.4, -0.2) is 15.2 Å². The minimum atomic E-state index is 0.192. The van der Waals surface area contributed by atoms with E-state index in [-0.39, 0.29) is 5.75 Å². The van der Waals surface area contributed by atoms with Gasteiger partial charge in [-0.2, -0.15) is 4.98 Å². The minimum Gasteiger partial charge on any atom is -0.508 e. The van der Waals surface area contributed by atoms with Crippen LogP contribution in [0.3, 0.4) is 0 Å². The Morgan fingerprint density at radius 3 is 2.00 bits per heavy atom. The van der Waals surface area contributed by atoms with Gasteiger partial charge in [0.1, 0.15) is 17.2 Å². The predicted octanol–water partition coefficient (Wildman–Crippen LogP) is 5.21. The molecule has 3 aromatic carbocycles. The highest BCUT2D eigenvalue weighted by Gasteiger charge is 2.11. The fraction of sp³-hybridized carbons (Fsp3) is 0.0476. The van der Waals surface area contributed by atoms with Gasteiger partial charge in [0, 0.05) is 11.1 Å². The number of hydrogen-bond donors (Lipinski definition) is 1. The van der Waals surface area contributed by atoms with Crippen molar-refractivity contribution in [2.45, 2.75) is 6.92 Å². The molecule has 4 rings (SSSR count). The van der Waals surface area contributed by atoms with E-state index < -0.39 is 0 Å². The number of nitrogens with zero attached hydrogens (tertiary/aromatic N) is 2. The molecule has 0 amide bonds. The van der Waals surface area contributed by atoms with Gasteiger partial charge in [-0.05, 0) is 67.6 Å². The standard InChI is InChI=1S/C21H16N2O3/c1-14-2-10-18(11-3-14)25-19-12-6-15(7-13-19)20-22-21(26-23-20)16-4-8-17(24)9-5-16/h2-13,24H,1H3. The minimum absolute atomic E-state index is 0.192. The van der Waals surface area contributed by atoms with E-state index in [1.54, 1.807) is 24.3 Å². The molecule has 0 saturated heterocycles. The van der Waals surface area contributed by atoms with Crippen molar-refractivity contribution in [3.05, 3.63) is 78.4 Å². The first-order valence-electron chi connectivity index (χ1n) is 8.15. The molecule has 0 bridgehead atoms. The molecule has 26 heavy (non-hydrogen) atoms. The number of aryl methyl sites for hydroxylation is 1. The zero-order valence-corrected chi connectivity index (χ0v) is 14.1. The Hall–Kier alpha value is -3.60. The molecule has 5 nitrogen and oxygen atoms in total. The van der Waals surface area contributed by atoms with E-state index in [2.05, 4.69) is 10.1 Å². The molecule has 0 spiro atoms. The lowest BCUT2D eigenvalue weighted by molar-refractivity contribution is 0.432. The summed E-state index contributed by atoms with van der Waals surface area (Å²) in [6.07, 6.45) is 0. The highest BCUT2D eigenvalue weighted by atomic mass is 16.5. The number of aromatic hydroxyl groups is 1.